The minimum Gasteiger partial charge on any atom is -0.462 e. The molecule has 156 valence electrons. The van der Waals surface area contributed by atoms with Gasteiger partial charge in [-0.15, -0.1) is 0 Å². The maximum Gasteiger partial charge on any atom is 0.341 e. The number of hydrogen-bond acceptors (Lipinski definition) is 5. The first kappa shape index (κ1) is 19.6. The van der Waals surface area contributed by atoms with E-state index < -0.39 is 23.7 Å². The number of halogens is 2. The van der Waals surface area contributed by atoms with Crippen LogP contribution < -0.4 is 5.32 Å². The summed E-state index contributed by atoms with van der Waals surface area (Å²) < 4.78 is 31.9. The number of alkyl halides is 2. The topological polar surface area (TPSA) is 87.3 Å². The number of rotatable bonds is 6. The zero-order valence-electron chi connectivity index (χ0n) is 16.2. The third-order valence-corrected chi connectivity index (χ3v) is 5.45. The maximum absolute atomic E-state index is 13.3. The number of aromatic amines is 1. The van der Waals surface area contributed by atoms with Crippen LogP contribution in [0.3, 0.4) is 0 Å². The van der Waals surface area contributed by atoms with Gasteiger partial charge in [0.25, 0.3) is 5.92 Å². The van der Waals surface area contributed by atoms with Crippen molar-refractivity contribution >= 4 is 28.6 Å². The highest BCUT2D eigenvalue weighted by molar-refractivity contribution is 6.04. The number of carbonyl (C=O) groups excluding carboxylic acids is 2. The molecule has 1 saturated heterocycles. The van der Waals surface area contributed by atoms with Crippen LogP contribution in [-0.4, -0.2) is 58.4 Å². The molecule has 7 nitrogen and oxygen atoms in total. The molecule has 2 N–H and O–H groups in total. The van der Waals surface area contributed by atoms with Gasteiger partial charge in [0.1, 0.15) is 17.1 Å². The molecule has 1 aliphatic carbocycles. The number of likely N-dealkylation sites (tertiary alicyclic amines) is 1. The zero-order valence-corrected chi connectivity index (χ0v) is 16.2. The maximum atomic E-state index is 13.3. The SMILES string of the molecule is CCCOC(=O)c1cnc2[nH]ccc2c1N[C@@H]1CCCN(C(=O)[C@@H]2CC2(F)F)C1. The minimum absolute atomic E-state index is 0.154. The van der Waals surface area contributed by atoms with E-state index >= 15 is 0 Å². The largest absolute Gasteiger partial charge is 0.462 e. The van der Waals surface area contributed by atoms with Gasteiger partial charge in [-0.3, -0.25) is 4.79 Å². The van der Waals surface area contributed by atoms with Crippen molar-refractivity contribution in [3.05, 3.63) is 24.0 Å². The second kappa shape index (κ2) is 7.61. The zero-order chi connectivity index (χ0) is 20.6. The number of nitrogens with one attached hydrogen (secondary N) is 2. The van der Waals surface area contributed by atoms with Crippen LogP contribution in [0.25, 0.3) is 11.0 Å². The molecule has 4 rings (SSSR count). The summed E-state index contributed by atoms with van der Waals surface area (Å²) in [7, 11) is 0. The summed E-state index contributed by atoms with van der Waals surface area (Å²) in [5, 5.41) is 4.10. The lowest BCUT2D eigenvalue weighted by molar-refractivity contribution is -0.135. The van der Waals surface area contributed by atoms with Crippen molar-refractivity contribution in [2.45, 2.75) is 44.6 Å². The Hall–Kier alpha value is -2.71. The molecule has 0 radical (unpaired) electrons. The van der Waals surface area contributed by atoms with E-state index in [4.69, 9.17) is 4.74 Å². The number of pyridine rings is 1. The lowest BCUT2D eigenvalue weighted by Crippen LogP contribution is -2.46. The van der Waals surface area contributed by atoms with Crippen molar-refractivity contribution in [1.82, 2.24) is 14.9 Å². The normalized spacial score (nSPS) is 23.1. The minimum atomic E-state index is -2.87. The monoisotopic (exact) mass is 406 g/mol. The summed E-state index contributed by atoms with van der Waals surface area (Å²) >= 11 is 0. The van der Waals surface area contributed by atoms with Gasteiger partial charge in [-0.2, -0.15) is 0 Å². The van der Waals surface area contributed by atoms with Gasteiger partial charge < -0.3 is 19.9 Å². The van der Waals surface area contributed by atoms with Crippen molar-refractivity contribution in [3.8, 4) is 0 Å². The van der Waals surface area contributed by atoms with E-state index in [0.29, 0.717) is 49.4 Å². The molecule has 2 fully saturated rings. The first-order valence-electron chi connectivity index (χ1n) is 9.97. The van der Waals surface area contributed by atoms with E-state index in [1.54, 1.807) is 6.20 Å². The Morgan fingerprint density at radius 3 is 2.97 bits per heavy atom. The van der Waals surface area contributed by atoms with E-state index in [1.165, 1.54) is 11.1 Å². The molecular formula is C20H24F2N4O3. The Bertz CT molecular complexity index is 930. The second-order valence-corrected chi connectivity index (χ2v) is 7.71. The fourth-order valence-corrected chi connectivity index (χ4v) is 3.79. The van der Waals surface area contributed by atoms with Gasteiger partial charge in [0.2, 0.25) is 5.91 Å². The van der Waals surface area contributed by atoms with Crippen molar-refractivity contribution in [2.75, 3.05) is 25.0 Å². The van der Waals surface area contributed by atoms with Crippen LogP contribution in [0.1, 0.15) is 43.0 Å². The quantitative estimate of drug-likeness (QED) is 0.720. The number of carbonyl (C=O) groups is 2. The van der Waals surface area contributed by atoms with Crippen LogP contribution in [0.2, 0.25) is 0 Å². The first-order chi connectivity index (χ1) is 13.9. The average Bonchev–Trinajstić information content (AvgIpc) is 3.12. The third kappa shape index (κ3) is 3.90. The number of hydrogen-bond donors (Lipinski definition) is 2. The van der Waals surface area contributed by atoms with Crippen molar-refractivity contribution in [2.24, 2.45) is 5.92 Å². The summed E-state index contributed by atoms with van der Waals surface area (Å²) in [5.41, 5.74) is 1.54. The van der Waals surface area contributed by atoms with Gasteiger partial charge in [-0.05, 0) is 25.3 Å². The number of esters is 1. The van der Waals surface area contributed by atoms with Gasteiger partial charge >= 0.3 is 5.97 Å². The second-order valence-electron chi connectivity index (χ2n) is 7.71. The van der Waals surface area contributed by atoms with E-state index in [2.05, 4.69) is 15.3 Å². The molecule has 2 atom stereocenters. The first-order valence-corrected chi connectivity index (χ1v) is 9.97. The number of nitrogens with zero attached hydrogens (tertiary/aromatic N) is 2. The number of amides is 1. The van der Waals surface area contributed by atoms with Gasteiger partial charge in [-0.25, -0.2) is 18.6 Å². The predicted octanol–water partition coefficient (Wildman–Crippen LogP) is 3.19. The molecule has 29 heavy (non-hydrogen) atoms. The van der Waals surface area contributed by atoms with Crippen LogP contribution in [0, 0.1) is 5.92 Å². The molecular weight excluding hydrogens is 382 g/mol. The number of anilines is 1. The molecule has 2 aromatic rings. The van der Waals surface area contributed by atoms with E-state index in [1.807, 2.05) is 13.0 Å². The highest BCUT2D eigenvalue weighted by Gasteiger charge is 2.62. The van der Waals surface area contributed by atoms with Crippen molar-refractivity contribution in [1.29, 1.82) is 0 Å². The molecule has 2 aliphatic rings. The molecule has 0 bridgehead atoms. The van der Waals surface area contributed by atoms with Crippen molar-refractivity contribution < 1.29 is 23.1 Å². The lowest BCUT2D eigenvalue weighted by atomic mass is 10.0. The van der Waals surface area contributed by atoms with Crippen LogP contribution in [0.5, 0.6) is 0 Å². The van der Waals surface area contributed by atoms with Gasteiger partial charge in [-0.1, -0.05) is 6.92 Å². The van der Waals surface area contributed by atoms with E-state index in [-0.39, 0.29) is 12.5 Å². The fraction of sp³-hybridized carbons (Fsp3) is 0.550. The summed E-state index contributed by atoms with van der Waals surface area (Å²) in [6.45, 7) is 3.02. The molecule has 1 saturated carbocycles. The summed E-state index contributed by atoms with van der Waals surface area (Å²) in [6, 6.07) is 1.66. The van der Waals surface area contributed by atoms with Crippen molar-refractivity contribution in [3.63, 3.8) is 0 Å². The predicted molar refractivity (Wildman–Crippen MR) is 103 cm³/mol. The lowest BCUT2D eigenvalue weighted by Gasteiger charge is -2.34. The van der Waals surface area contributed by atoms with Crippen LogP contribution in [0.4, 0.5) is 14.5 Å². The summed E-state index contributed by atoms with van der Waals surface area (Å²) in [5.74, 6) is -4.99. The molecule has 1 aliphatic heterocycles. The van der Waals surface area contributed by atoms with Gasteiger partial charge in [0, 0.05) is 43.3 Å². The Balaban J connectivity index is 1.54. The number of H-pyrrole nitrogens is 1. The average molecular weight is 406 g/mol. The number of piperidine rings is 1. The van der Waals surface area contributed by atoms with E-state index in [9.17, 15) is 18.4 Å². The number of ether oxygens (including phenoxy) is 1. The number of fused-ring (bicyclic) bond motifs is 1. The van der Waals surface area contributed by atoms with Crippen LogP contribution in [-0.2, 0) is 9.53 Å². The van der Waals surface area contributed by atoms with Crippen LogP contribution in [0.15, 0.2) is 18.5 Å². The number of aromatic nitrogens is 2. The molecule has 0 unspecified atom stereocenters. The Morgan fingerprint density at radius 2 is 2.24 bits per heavy atom. The van der Waals surface area contributed by atoms with Gasteiger partial charge in [0.05, 0.1) is 12.3 Å². The molecule has 0 spiro atoms. The fourth-order valence-electron chi connectivity index (χ4n) is 3.79. The molecule has 2 aromatic heterocycles. The summed E-state index contributed by atoms with van der Waals surface area (Å²) in [6.07, 6.45) is 5.02. The Kier molecular flexibility index (Phi) is 5.14. The molecule has 3 heterocycles. The third-order valence-electron chi connectivity index (χ3n) is 5.45. The van der Waals surface area contributed by atoms with E-state index in [0.717, 1.165) is 11.8 Å². The smallest absolute Gasteiger partial charge is 0.341 e. The molecule has 9 heteroatoms. The van der Waals surface area contributed by atoms with Gasteiger partial charge in [0.15, 0.2) is 0 Å². The molecule has 1 amide bonds. The van der Waals surface area contributed by atoms with Crippen LogP contribution >= 0.6 is 0 Å². The molecule has 0 aromatic carbocycles. The highest BCUT2D eigenvalue weighted by atomic mass is 19.3. The highest BCUT2D eigenvalue weighted by Crippen LogP contribution is 2.49. The standard InChI is InChI=1S/C20H24F2N4O3/c1-2-8-29-19(28)14-10-24-17-13(5-6-23-17)16(14)25-12-4-3-7-26(11-12)18(27)15-9-20(15,21)22/h5-6,10,12,15H,2-4,7-9,11H2,1H3,(H2,23,24,25)/t12-,15+/m1/s1. The Morgan fingerprint density at radius 1 is 1.45 bits per heavy atom. The summed E-state index contributed by atoms with van der Waals surface area (Å²) in [4.78, 5) is 33.7. The Labute approximate surface area is 166 Å².